The smallest absolute Gasteiger partial charge is 0.243 e. The molecule has 1 fully saturated rings. The Morgan fingerprint density at radius 3 is 2.83 bits per heavy atom. The lowest BCUT2D eigenvalue weighted by molar-refractivity contribution is -0.124. The van der Waals surface area contributed by atoms with Crippen LogP contribution < -0.4 is 20.3 Å². The summed E-state index contributed by atoms with van der Waals surface area (Å²) in [5, 5.41) is 5.54. The second kappa shape index (κ2) is 7.55. The molecule has 130 valence electrons. The molecule has 24 heavy (non-hydrogen) atoms. The van der Waals surface area contributed by atoms with Gasteiger partial charge in [0.15, 0.2) is 0 Å². The molecule has 1 aliphatic heterocycles. The topological polar surface area (TPSA) is 70.7 Å². The standard InChI is InChI=1S/C18H25N3O3/c1-21-8-9-24-16-7-6-14(11-15(16)21)20-18(23)12-19-17(22)10-13-4-2-3-5-13/h6-7,11,13H,2-5,8-10,12H2,1H3,(H,19,22)(H,20,23). The number of nitrogens with zero attached hydrogens (tertiary/aromatic N) is 1. The maximum Gasteiger partial charge on any atom is 0.243 e. The highest BCUT2D eigenvalue weighted by atomic mass is 16.5. The van der Waals surface area contributed by atoms with Gasteiger partial charge in [-0.05, 0) is 37.0 Å². The van der Waals surface area contributed by atoms with Crippen LogP contribution in [0.4, 0.5) is 11.4 Å². The van der Waals surface area contributed by atoms with Crippen molar-refractivity contribution in [3.05, 3.63) is 18.2 Å². The molecule has 1 aromatic carbocycles. The number of hydrogen-bond donors (Lipinski definition) is 2. The minimum absolute atomic E-state index is 0.00891. The lowest BCUT2D eigenvalue weighted by atomic mass is 10.0. The molecule has 0 bridgehead atoms. The highest BCUT2D eigenvalue weighted by Gasteiger charge is 2.19. The molecule has 1 aromatic rings. The Hall–Kier alpha value is -2.24. The fraction of sp³-hybridized carbons (Fsp3) is 0.556. The first-order valence-corrected chi connectivity index (χ1v) is 8.66. The molecule has 0 unspecified atom stereocenters. The first-order chi connectivity index (χ1) is 11.6. The van der Waals surface area contributed by atoms with Crippen molar-refractivity contribution >= 4 is 23.2 Å². The molecule has 1 heterocycles. The van der Waals surface area contributed by atoms with Gasteiger partial charge < -0.3 is 20.3 Å². The van der Waals surface area contributed by atoms with E-state index in [1.54, 1.807) is 0 Å². The molecule has 0 spiro atoms. The number of benzene rings is 1. The van der Waals surface area contributed by atoms with Crippen LogP contribution in [-0.2, 0) is 9.59 Å². The second-order valence-electron chi connectivity index (χ2n) is 6.63. The van der Waals surface area contributed by atoms with Crippen LogP contribution >= 0.6 is 0 Å². The summed E-state index contributed by atoms with van der Waals surface area (Å²) in [7, 11) is 2.00. The quantitative estimate of drug-likeness (QED) is 0.867. The maximum atomic E-state index is 12.0. The number of ether oxygens (including phenoxy) is 1. The zero-order chi connectivity index (χ0) is 16.9. The van der Waals surface area contributed by atoms with Crippen LogP contribution in [0, 0.1) is 5.92 Å². The molecule has 0 radical (unpaired) electrons. The molecular weight excluding hydrogens is 306 g/mol. The molecule has 2 amide bonds. The van der Waals surface area contributed by atoms with Crippen molar-refractivity contribution in [1.29, 1.82) is 0 Å². The van der Waals surface area contributed by atoms with Crippen LogP contribution in [0.25, 0.3) is 0 Å². The Bertz CT molecular complexity index is 612. The van der Waals surface area contributed by atoms with Crippen molar-refractivity contribution in [2.24, 2.45) is 5.92 Å². The summed E-state index contributed by atoms with van der Waals surface area (Å²) in [6, 6.07) is 5.57. The highest BCUT2D eigenvalue weighted by Crippen LogP contribution is 2.33. The van der Waals surface area contributed by atoms with E-state index >= 15 is 0 Å². The van der Waals surface area contributed by atoms with Crippen LogP contribution in [-0.4, -0.2) is 38.6 Å². The Balaban J connectivity index is 1.48. The van der Waals surface area contributed by atoms with Gasteiger partial charge in [0, 0.05) is 19.2 Å². The lowest BCUT2D eigenvalue weighted by Gasteiger charge is -2.28. The molecule has 6 nitrogen and oxygen atoms in total. The van der Waals surface area contributed by atoms with Crippen molar-refractivity contribution in [1.82, 2.24) is 5.32 Å². The van der Waals surface area contributed by atoms with Gasteiger partial charge in [-0.2, -0.15) is 0 Å². The first kappa shape index (κ1) is 16.6. The van der Waals surface area contributed by atoms with E-state index < -0.39 is 0 Å². The van der Waals surface area contributed by atoms with Gasteiger partial charge >= 0.3 is 0 Å². The van der Waals surface area contributed by atoms with Crippen molar-refractivity contribution in [2.45, 2.75) is 32.1 Å². The summed E-state index contributed by atoms with van der Waals surface area (Å²) in [4.78, 5) is 26.0. The third kappa shape index (κ3) is 4.19. The minimum atomic E-state index is -0.214. The summed E-state index contributed by atoms with van der Waals surface area (Å²) < 4.78 is 5.58. The maximum absolute atomic E-state index is 12.0. The molecule has 2 aliphatic rings. The molecule has 0 atom stereocenters. The summed E-state index contributed by atoms with van der Waals surface area (Å²) in [6.45, 7) is 1.50. The van der Waals surface area contributed by atoms with E-state index in [1.807, 2.05) is 25.2 Å². The van der Waals surface area contributed by atoms with Crippen molar-refractivity contribution in [3.63, 3.8) is 0 Å². The second-order valence-corrected chi connectivity index (χ2v) is 6.63. The fourth-order valence-corrected chi connectivity index (χ4v) is 3.36. The van der Waals surface area contributed by atoms with Gasteiger partial charge in [-0.25, -0.2) is 0 Å². The molecule has 0 aromatic heterocycles. The summed E-state index contributed by atoms with van der Waals surface area (Å²) in [5.41, 5.74) is 1.67. The number of rotatable bonds is 5. The van der Waals surface area contributed by atoms with E-state index in [0.717, 1.165) is 30.8 Å². The molecule has 6 heteroatoms. The third-order valence-electron chi connectivity index (χ3n) is 4.73. The number of anilines is 2. The SMILES string of the molecule is CN1CCOc2ccc(NC(=O)CNC(=O)CC3CCCC3)cc21. The Morgan fingerprint density at radius 1 is 1.25 bits per heavy atom. The fourth-order valence-electron chi connectivity index (χ4n) is 3.36. The highest BCUT2D eigenvalue weighted by molar-refractivity contribution is 5.95. The molecular formula is C18H25N3O3. The van der Waals surface area contributed by atoms with Crippen LogP contribution in [0.2, 0.25) is 0 Å². The zero-order valence-corrected chi connectivity index (χ0v) is 14.1. The van der Waals surface area contributed by atoms with Gasteiger partial charge in [0.1, 0.15) is 12.4 Å². The van der Waals surface area contributed by atoms with E-state index in [0.29, 0.717) is 24.6 Å². The van der Waals surface area contributed by atoms with E-state index in [2.05, 4.69) is 15.5 Å². The number of nitrogens with one attached hydrogen (secondary N) is 2. The predicted octanol–water partition coefficient (Wildman–Crippen LogP) is 2.15. The number of carbonyl (C=O) groups is 2. The molecule has 1 saturated carbocycles. The number of fused-ring (bicyclic) bond motifs is 1. The zero-order valence-electron chi connectivity index (χ0n) is 14.1. The van der Waals surface area contributed by atoms with Gasteiger partial charge in [0.2, 0.25) is 11.8 Å². The normalized spacial score (nSPS) is 17.1. The largest absolute Gasteiger partial charge is 0.490 e. The molecule has 3 rings (SSSR count). The average molecular weight is 331 g/mol. The monoisotopic (exact) mass is 331 g/mol. The van der Waals surface area contributed by atoms with Gasteiger partial charge in [0.25, 0.3) is 0 Å². The van der Waals surface area contributed by atoms with Crippen LogP contribution in [0.3, 0.4) is 0 Å². The Kier molecular flexibility index (Phi) is 5.23. The number of carbonyl (C=O) groups excluding carboxylic acids is 2. The van der Waals surface area contributed by atoms with Crippen molar-refractivity contribution < 1.29 is 14.3 Å². The van der Waals surface area contributed by atoms with Gasteiger partial charge in [-0.15, -0.1) is 0 Å². The lowest BCUT2D eigenvalue weighted by Crippen LogP contribution is -2.33. The van der Waals surface area contributed by atoms with E-state index in [9.17, 15) is 9.59 Å². The number of hydrogen-bond acceptors (Lipinski definition) is 4. The summed E-state index contributed by atoms with van der Waals surface area (Å²) in [5.74, 6) is 1.07. The Morgan fingerprint density at radius 2 is 2.04 bits per heavy atom. The van der Waals surface area contributed by atoms with E-state index in [4.69, 9.17) is 4.74 Å². The number of likely N-dealkylation sites (N-methyl/N-ethyl adjacent to an activating group) is 1. The third-order valence-corrected chi connectivity index (χ3v) is 4.73. The van der Waals surface area contributed by atoms with E-state index in [1.165, 1.54) is 12.8 Å². The first-order valence-electron chi connectivity index (χ1n) is 8.66. The van der Waals surface area contributed by atoms with E-state index in [-0.39, 0.29) is 18.4 Å². The van der Waals surface area contributed by atoms with Crippen molar-refractivity contribution in [3.8, 4) is 5.75 Å². The van der Waals surface area contributed by atoms with Crippen LogP contribution in [0.1, 0.15) is 32.1 Å². The minimum Gasteiger partial charge on any atom is -0.490 e. The Labute approximate surface area is 142 Å². The number of amides is 2. The van der Waals surface area contributed by atoms with Gasteiger partial charge in [-0.1, -0.05) is 12.8 Å². The average Bonchev–Trinajstić information content (AvgIpc) is 3.07. The van der Waals surface area contributed by atoms with Gasteiger partial charge in [-0.3, -0.25) is 9.59 Å². The molecule has 1 aliphatic carbocycles. The van der Waals surface area contributed by atoms with Crippen LogP contribution in [0.5, 0.6) is 5.75 Å². The van der Waals surface area contributed by atoms with Gasteiger partial charge in [0.05, 0.1) is 18.8 Å². The molecule has 0 saturated heterocycles. The van der Waals surface area contributed by atoms with Crippen molar-refractivity contribution in [2.75, 3.05) is 37.0 Å². The van der Waals surface area contributed by atoms with Crippen LogP contribution in [0.15, 0.2) is 18.2 Å². The summed E-state index contributed by atoms with van der Waals surface area (Å²) >= 11 is 0. The predicted molar refractivity (Wildman–Crippen MR) is 93.4 cm³/mol. The molecule has 2 N–H and O–H groups in total. The summed E-state index contributed by atoms with van der Waals surface area (Å²) in [6.07, 6.45) is 5.23.